The fourth-order valence-electron chi connectivity index (χ4n) is 2.11. The number of hydrogen-bond donors (Lipinski definition) is 1. The fraction of sp³-hybridized carbons (Fsp3) is 0.462. The minimum absolute atomic E-state index is 0.0581. The summed E-state index contributed by atoms with van der Waals surface area (Å²) in [6.45, 7) is 1.16. The average Bonchev–Trinajstić information content (AvgIpc) is 3.06. The first kappa shape index (κ1) is 11.8. The predicted molar refractivity (Wildman–Crippen MR) is 65.2 cm³/mol. The van der Waals surface area contributed by atoms with Gasteiger partial charge in [0.25, 0.3) is 0 Å². The Morgan fingerprint density at radius 3 is 2.61 bits per heavy atom. The van der Waals surface area contributed by atoms with E-state index in [1.807, 2.05) is 0 Å². The van der Waals surface area contributed by atoms with E-state index in [1.54, 1.807) is 18.2 Å². The van der Waals surface area contributed by atoms with Crippen molar-refractivity contribution in [3.05, 3.63) is 28.8 Å². The van der Waals surface area contributed by atoms with Crippen LogP contribution in [-0.2, 0) is 14.9 Å². The zero-order chi connectivity index (χ0) is 12.8. The summed E-state index contributed by atoms with van der Waals surface area (Å²) in [5.74, 6) is -0.186. The molecular formula is C13H13ClO4. The molecule has 1 aromatic carbocycles. The second-order valence-corrected chi connectivity index (χ2v) is 5.22. The highest BCUT2D eigenvalue weighted by Gasteiger charge is 2.51. The Hall–Kier alpha value is -1.26. The molecule has 0 spiro atoms. The van der Waals surface area contributed by atoms with Gasteiger partial charge in [0.1, 0.15) is 11.9 Å². The highest BCUT2D eigenvalue weighted by Crippen LogP contribution is 2.49. The van der Waals surface area contributed by atoms with Crippen LogP contribution in [0.25, 0.3) is 0 Å². The van der Waals surface area contributed by atoms with Gasteiger partial charge in [-0.2, -0.15) is 0 Å². The Bertz CT molecular complexity index is 492. The lowest BCUT2D eigenvalue weighted by Gasteiger charge is -2.27. The fourth-order valence-corrected chi connectivity index (χ4v) is 2.33. The van der Waals surface area contributed by atoms with Gasteiger partial charge in [0.05, 0.1) is 23.7 Å². The van der Waals surface area contributed by atoms with Crippen molar-refractivity contribution in [1.82, 2.24) is 0 Å². The van der Waals surface area contributed by atoms with Crippen molar-refractivity contribution in [1.29, 1.82) is 0 Å². The second-order valence-electron chi connectivity index (χ2n) is 4.81. The molecule has 3 rings (SSSR count). The van der Waals surface area contributed by atoms with E-state index in [1.165, 1.54) is 0 Å². The van der Waals surface area contributed by atoms with Gasteiger partial charge in [0, 0.05) is 0 Å². The lowest BCUT2D eigenvalue weighted by atomic mass is 9.96. The summed E-state index contributed by atoms with van der Waals surface area (Å²) < 4.78 is 10.6. The number of ether oxygens (including phenoxy) is 2. The highest BCUT2D eigenvalue weighted by molar-refractivity contribution is 6.32. The van der Waals surface area contributed by atoms with Crippen LogP contribution >= 0.6 is 11.6 Å². The van der Waals surface area contributed by atoms with E-state index in [2.05, 4.69) is 0 Å². The van der Waals surface area contributed by atoms with E-state index in [4.69, 9.17) is 21.1 Å². The molecule has 18 heavy (non-hydrogen) atoms. The third kappa shape index (κ3) is 1.85. The predicted octanol–water partition coefficient (Wildman–Crippen LogP) is 2.23. The van der Waals surface area contributed by atoms with Gasteiger partial charge in [-0.25, -0.2) is 0 Å². The average molecular weight is 269 g/mol. The lowest BCUT2D eigenvalue weighted by Crippen LogP contribution is -2.38. The summed E-state index contributed by atoms with van der Waals surface area (Å²) in [5.41, 5.74) is 0.0408. The summed E-state index contributed by atoms with van der Waals surface area (Å²) >= 11 is 6.13. The standard InChI is InChI=1S/C13H13ClO4/c14-10-5-8(13(3-4-13)12(15)16)1-2-11(10)18-9-6-17-7-9/h1-2,5,9H,3-4,6-7H2,(H,15,16). The number of rotatable bonds is 4. The summed E-state index contributed by atoms with van der Waals surface area (Å²) in [7, 11) is 0. The lowest BCUT2D eigenvalue weighted by molar-refractivity contribution is -0.140. The molecule has 2 fully saturated rings. The molecule has 4 nitrogen and oxygen atoms in total. The molecule has 1 saturated heterocycles. The summed E-state index contributed by atoms with van der Waals surface area (Å²) in [6, 6.07) is 5.25. The van der Waals surface area contributed by atoms with Gasteiger partial charge < -0.3 is 14.6 Å². The smallest absolute Gasteiger partial charge is 0.314 e. The van der Waals surface area contributed by atoms with Crippen molar-refractivity contribution in [3.8, 4) is 5.75 Å². The van der Waals surface area contributed by atoms with Crippen molar-refractivity contribution >= 4 is 17.6 Å². The van der Waals surface area contributed by atoms with Crippen LogP contribution in [0.15, 0.2) is 18.2 Å². The number of carboxylic acid groups (broad SMARTS) is 1. The number of aliphatic carboxylic acids is 1. The zero-order valence-electron chi connectivity index (χ0n) is 9.69. The van der Waals surface area contributed by atoms with Crippen molar-refractivity contribution in [3.63, 3.8) is 0 Å². The minimum Gasteiger partial charge on any atom is -0.484 e. The molecule has 96 valence electrons. The monoisotopic (exact) mass is 268 g/mol. The largest absolute Gasteiger partial charge is 0.484 e. The number of carbonyl (C=O) groups is 1. The third-order valence-electron chi connectivity index (χ3n) is 3.54. The van der Waals surface area contributed by atoms with E-state index in [9.17, 15) is 9.90 Å². The Morgan fingerprint density at radius 1 is 1.44 bits per heavy atom. The number of halogens is 1. The first-order valence-electron chi connectivity index (χ1n) is 5.90. The molecule has 1 heterocycles. The Morgan fingerprint density at radius 2 is 2.17 bits per heavy atom. The summed E-state index contributed by atoms with van der Waals surface area (Å²) in [5, 5.41) is 9.68. The van der Waals surface area contributed by atoms with Crippen LogP contribution in [0.3, 0.4) is 0 Å². The van der Waals surface area contributed by atoms with Gasteiger partial charge in [0.2, 0.25) is 0 Å². The molecule has 1 aliphatic heterocycles. The van der Waals surface area contributed by atoms with Crippen molar-refractivity contribution < 1.29 is 19.4 Å². The molecule has 1 saturated carbocycles. The molecule has 0 aromatic heterocycles. The van der Waals surface area contributed by atoms with Gasteiger partial charge in [0.15, 0.2) is 0 Å². The van der Waals surface area contributed by atoms with Crippen LogP contribution in [0.2, 0.25) is 5.02 Å². The van der Waals surface area contributed by atoms with Crippen LogP contribution in [0.1, 0.15) is 18.4 Å². The molecule has 0 bridgehead atoms. The molecule has 0 unspecified atom stereocenters. The normalized spacial score (nSPS) is 21.2. The first-order chi connectivity index (χ1) is 8.62. The number of hydrogen-bond acceptors (Lipinski definition) is 3. The van der Waals surface area contributed by atoms with Gasteiger partial charge >= 0.3 is 5.97 Å². The van der Waals surface area contributed by atoms with Gasteiger partial charge in [-0.1, -0.05) is 17.7 Å². The van der Waals surface area contributed by atoms with E-state index >= 15 is 0 Å². The van der Waals surface area contributed by atoms with Crippen molar-refractivity contribution in [2.45, 2.75) is 24.4 Å². The van der Waals surface area contributed by atoms with Gasteiger partial charge in [-0.15, -0.1) is 0 Å². The van der Waals surface area contributed by atoms with E-state index < -0.39 is 11.4 Å². The maximum Gasteiger partial charge on any atom is 0.314 e. The van der Waals surface area contributed by atoms with Crippen LogP contribution in [0.4, 0.5) is 0 Å². The Labute approximate surface area is 109 Å². The molecule has 0 atom stereocenters. The number of carboxylic acids is 1. The van der Waals surface area contributed by atoms with Crippen molar-refractivity contribution in [2.75, 3.05) is 13.2 Å². The second kappa shape index (κ2) is 4.14. The molecule has 0 radical (unpaired) electrons. The van der Waals surface area contributed by atoms with E-state index in [-0.39, 0.29) is 6.10 Å². The molecule has 0 amide bonds. The third-order valence-corrected chi connectivity index (χ3v) is 3.84. The molecular weight excluding hydrogens is 256 g/mol. The minimum atomic E-state index is -0.778. The Balaban J connectivity index is 1.82. The number of benzene rings is 1. The topological polar surface area (TPSA) is 55.8 Å². The summed E-state index contributed by atoms with van der Waals surface area (Å²) in [4.78, 5) is 11.2. The Kier molecular flexibility index (Phi) is 2.72. The quantitative estimate of drug-likeness (QED) is 0.910. The maximum absolute atomic E-state index is 11.2. The van der Waals surface area contributed by atoms with Crippen LogP contribution in [0, 0.1) is 0 Å². The van der Waals surface area contributed by atoms with E-state index in [0.29, 0.717) is 36.8 Å². The zero-order valence-corrected chi connectivity index (χ0v) is 10.4. The highest BCUT2D eigenvalue weighted by atomic mass is 35.5. The van der Waals surface area contributed by atoms with Gasteiger partial charge in [-0.3, -0.25) is 4.79 Å². The first-order valence-corrected chi connectivity index (χ1v) is 6.27. The van der Waals surface area contributed by atoms with Gasteiger partial charge in [-0.05, 0) is 30.5 Å². The SMILES string of the molecule is O=C(O)C1(c2ccc(OC3COC3)c(Cl)c2)CC1. The van der Waals surface area contributed by atoms with Crippen LogP contribution in [0.5, 0.6) is 5.75 Å². The molecule has 2 aliphatic rings. The summed E-state index contributed by atoms with van der Waals surface area (Å²) in [6.07, 6.45) is 1.41. The molecule has 1 N–H and O–H groups in total. The van der Waals surface area contributed by atoms with Crippen molar-refractivity contribution in [2.24, 2.45) is 0 Å². The molecule has 5 heteroatoms. The maximum atomic E-state index is 11.2. The van der Waals surface area contributed by atoms with Crippen LogP contribution in [-0.4, -0.2) is 30.4 Å². The van der Waals surface area contributed by atoms with E-state index in [0.717, 1.165) is 5.56 Å². The molecule has 1 aromatic rings. The van der Waals surface area contributed by atoms with Crippen LogP contribution < -0.4 is 4.74 Å². The molecule has 1 aliphatic carbocycles.